The molecule has 0 saturated heterocycles. The van der Waals surface area contributed by atoms with Gasteiger partial charge in [0.1, 0.15) is 0 Å². The van der Waals surface area contributed by atoms with E-state index in [1.807, 2.05) is 0 Å². The maximum Gasteiger partial charge on any atom is 0.159 e. The maximum absolute atomic E-state index is 12.6. The van der Waals surface area contributed by atoms with Crippen molar-refractivity contribution in [3.63, 3.8) is 0 Å². The molecule has 0 atom stereocenters. The van der Waals surface area contributed by atoms with Gasteiger partial charge in [-0.15, -0.1) is 0 Å². The summed E-state index contributed by atoms with van der Waals surface area (Å²) >= 11 is 10.2. The topological polar surface area (TPSA) is 12.5 Å². The molecule has 0 radical (unpaired) electrons. The molecule has 0 unspecified atom stereocenters. The highest BCUT2D eigenvalue weighted by Gasteiger charge is 2.03. The first-order valence-corrected chi connectivity index (χ1v) is 3.95. The Morgan fingerprint density at radius 2 is 1.92 bits per heavy atom. The van der Waals surface area contributed by atoms with Gasteiger partial charge in [0.2, 0.25) is 0 Å². The van der Waals surface area contributed by atoms with Crippen LogP contribution in [0.15, 0.2) is 18.2 Å². The number of hydrogen-bond donors (Lipinski definition) is 0. The third-order valence-corrected chi connectivity index (χ3v) is 1.51. The molecule has 1 rings (SSSR count). The maximum atomic E-state index is 12.6. The molecule has 0 saturated carbocycles. The van der Waals surface area contributed by atoms with Gasteiger partial charge in [-0.2, -0.15) is 0 Å². The molecule has 13 heavy (non-hydrogen) atoms. The lowest BCUT2D eigenvalue weighted by molar-refractivity contribution is -0.0260. The fourth-order valence-electron chi connectivity index (χ4n) is 0.753. The number of nitrogens with zero attached hydrogens (tertiary/aromatic N) is 1. The van der Waals surface area contributed by atoms with Crippen LogP contribution in [0, 0.1) is 11.6 Å². The van der Waals surface area contributed by atoms with Crippen molar-refractivity contribution in [3.8, 4) is 0 Å². The molecule has 0 fully saturated rings. The van der Waals surface area contributed by atoms with E-state index >= 15 is 0 Å². The largest absolute Gasteiger partial charge is 0.264 e. The van der Waals surface area contributed by atoms with E-state index in [2.05, 4.69) is 4.84 Å². The summed E-state index contributed by atoms with van der Waals surface area (Å²) in [5.74, 6) is -1.84. The Labute approximate surface area is 83.8 Å². The van der Waals surface area contributed by atoms with Gasteiger partial charge >= 0.3 is 0 Å². The van der Waals surface area contributed by atoms with Crippen LogP contribution in [0.1, 0.15) is 5.56 Å². The predicted octanol–water partition coefficient (Wildman–Crippen LogP) is 3.01. The minimum absolute atomic E-state index is 0.0236. The highest BCUT2D eigenvalue weighted by molar-refractivity contribution is 6.32. The van der Waals surface area contributed by atoms with Crippen molar-refractivity contribution in [3.05, 3.63) is 35.4 Å². The van der Waals surface area contributed by atoms with Gasteiger partial charge in [-0.05, 0) is 21.8 Å². The highest BCUT2D eigenvalue weighted by atomic mass is 35.5. The normalized spacial score (nSPS) is 10.8. The zero-order valence-corrected chi connectivity index (χ0v) is 7.82. The minimum Gasteiger partial charge on any atom is -0.264 e. The Kier molecular flexibility index (Phi) is 3.87. The first-order valence-electron chi connectivity index (χ1n) is 3.28. The number of benzene rings is 1. The van der Waals surface area contributed by atoms with E-state index in [-0.39, 0.29) is 6.61 Å². The van der Waals surface area contributed by atoms with E-state index in [4.69, 9.17) is 23.6 Å². The molecular formula is C7H5Cl2F2NO. The molecule has 0 amide bonds. The van der Waals surface area contributed by atoms with E-state index in [0.717, 1.165) is 12.1 Å². The van der Waals surface area contributed by atoms with Gasteiger partial charge in [0, 0.05) is 23.6 Å². The van der Waals surface area contributed by atoms with Crippen molar-refractivity contribution in [2.45, 2.75) is 6.61 Å². The Hall–Kier alpha value is -0.420. The molecule has 0 aromatic heterocycles. The Morgan fingerprint density at radius 3 is 2.46 bits per heavy atom. The summed E-state index contributed by atoms with van der Waals surface area (Å²) in [4.78, 5) is 4.60. The average Bonchev–Trinajstić information content (AvgIpc) is 2.07. The van der Waals surface area contributed by atoms with Gasteiger partial charge in [0.25, 0.3) is 0 Å². The summed E-state index contributed by atoms with van der Waals surface area (Å²) in [6.07, 6.45) is 0. The van der Waals surface area contributed by atoms with Gasteiger partial charge in [-0.25, -0.2) is 8.78 Å². The minimum atomic E-state index is -0.934. The molecular weight excluding hydrogens is 223 g/mol. The third-order valence-electron chi connectivity index (χ3n) is 1.31. The van der Waals surface area contributed by atoms with Gasteiger partial charge in [-0.3, -0.25) is 4.84 Å². The Bertz CT molecular complexity index is 296. The van der Waals surface area contributed by atoms with E-state index in [1.165, 1.54) is 6.07 Å². The van der Waals surface area contributed by atoms with Crippen molar-refractivity contribution in [1.29, 1.82) is 0 Å². The summed E-state index contributed by atoms with van der Waals surface area (Å²) in [5, 5.41) is 0. The molecule has 0 aliphatic rings. The molecule has 0 aliphatic heterocycles. The molecule has 0 spiro atoms. The third kappa shape index (κ3) is 3.44. The zero-order chi connectivity index (χ0) is 9.84. The average molecular weight is 228 g/mol. The summed E-state index contributed by atoms with van der Waals surface area (Å²) in [6, 6.07) is 3.38. The van der Waals surface area contributed by atoms with Gasteiger partial charge < -0.3 is 0 Å². The van der Waals surface area contributed by atoms with Crippen LogP contribution in [0.5, 0.6) is 0 Å². The number of hydrogen-bond acceptors (Lipinski definition) is 2. The van der Waals surface area contributed by atoms with Crippen LogP contribution in [-0.2, 0) is 11.4 Å². The highest BCUT2D eigenvalue weighted by Crippen LogP contribution is 2.11. The molecule has 0 heterocycles. The molecule has 2 nitrogen and oxygen atoms in total. The first-order chi connectivity index (χ1) is 6.09. The van der Waals surface area contributed by atoms with E-state index < -0.39 is 11.6 Å². The monoisotopic (exact) mass is 227 g/mol. The van der Waals surface area contributed by atoms with Crippen LogP contribution < -0.4 is 0 Å². The van der Waals surface area contributed by atoms with Crippen LogP contribution in [0.25, 0.3) is 0 Å². The van der Waals surface area contributed by atoms with E-state index in [1.54, 1.807) is 0 Å². The molecule has 1 aromatic carbocycles. The zero-order valence-electron chi connectivity index (χ0n) is 6.31. The van der Waals surface area contributed by atoms with Crippen LogP contribution in [-0.4, -0.2) is 4.10 Å². The molecule has 6 heteroatoms. The SMILES string of the molecule is Fc1ccc(CON(Cl)Cl)cc1F. The van der Waals surface area contributed by atoms with Crippen LogP contribution in [0.3, 0.4) is 0 Å². The second kappa shape index (κ2) is 4.72. The molecule has 0 aliphatic carbocycles. The van der Waals surface area contributed by atoms with Crippen molar-refractivity contribution in [2.75, 3.05) is 0 Å². The lowest BCUT2D eigenvalue weighted by Crippen LogP contribution is -2.00. The van der Waals surface area contributed by atoms with Crippen molar-refractivity contribution in [2.24, 2.45) is 0 Å². The lowest BCUT2D eigenvalue weighted by Gasteiger charge is -2.04. The summed E-state index contributed by atoms with van der Waals surface area (Å²) < 4.78 is 25.5. The van der Waals surface area contributed by atoms with Crippen molar-refractivity contribution < 1.29 is 13.6 Å². The Morgan fingerprint density at radius 1 is 1.23 bits per heavy atom. The fourth-order valence-corrected chi connectivity index (χ4v) is 0.850. The number of rotatable bonds is 3. The molecule has 0 bridgehead atoms. The summed E-state index contributed by atoms with van der Waals surface area (Å²) in [6.45, 7) is -0.0236. The molecule has 0 N–H and O–H groups in total. The quantitative estimate of drug-likeness (QED) is 0.582. The second-order valence-electron chi connectivity index (χ2n) is 2.22. The van der Waals surface area contributed by atoms with Gasteiger partial charge in [0.15, 0.2) is 11.6 Å². The first kappa shape index (κ1) is 10.7. The van der Waals surface area contributed by atoms with E-state index in [9.17, 15) is 8.78 Å². The van der Waals surface area contributed by atoms with E-state index in [0.29, 0.717) is 9.66 Å². The van der Waals surface area contributed by atoms with Crippen LogP contribution in [0.2, 0.25) is 0 Å². The second-order valence-corrected chi connectivity index (χ2v) is 3.01. The summed E-state index contributed by atoms with van der Waals surface area (Å²) in [7, 11) is 0. The van der Waals surface area contributed by atoms with Gasteiger partial charge in [0.05, 0.1) is 6.61 Å². The summed E-state index contributed by atoms with van der Waals surface area (Å²) in [5.41, 5.74) is 0.435. The smallest absolute Gasteiger partial charge is 0.159 e. The van der Waals surface area contributed by atoms with Crippen molar-refractivity contribution >= 4 is 23.6 Å². The van der Waals surface area contributed by atoms with Crippen LogP contribution >= 0.6 is 23.6 Å². The molecule has 1 aromatic rings. The molecule has 72 valence electrons. The predicted molar refractivity (Wildman–Crippen MR) is 44.7 cm³/mol. The van der Waals surface area contributed by atoms with Crippen molar-refractivity contribution in [1.82, 2.24) is 4.10 Å². The van der Waals surface area contributed by atoms with Crippen LogP contribution in [0.4, 0.5) is 8.78 Å². The number of halogens is 4. The Balaban J connectivity index is 2.63. The van der Waals surface area contributed by atoms with Gasteiger partial charge in [-0.1, -0.05) is 6.07 Å². The fraction of sp³-hybridized carbons (Fsp3) is 0.143. The standard InChI is InChI=1S/C7H5Cl2F2NO/c8-12(9)13-4-5-1-2-6(10)7(11)3-5/h1-3H,4H2. The lowest BCUT2D eigenvalue weighted by atomic mass is 10.2.